The van der Waals surface area contributed by atoms with Crippen molar-refractivity contribution in [3.05, 3.63) is 58.9 Å². The predicted octanol–water partition coefficient (Wildman–Crippen LogP) is 3.33. The largest absolute Gasteiger partial charge is 0.490 e. The minimum atomic E-state index is -0.378. The number of aliphatic hydroxyl groups is 1. The third-order valence-corrected chi connectivity index (χ3v) is 4.16. The van der Waals surface area contributed by atoms with E-state index in [-0.39, 0.29) is 18.5 Å². The Bertz CT molecular complexity index is 705. The van der Waals surface area contributed by atoms with Crippen LogP contribution in [0.2, 0.25) is 0 Å². The molecule has 0 spiro atoms. The Kier molecular flexibility index (Phi) is 5.33. The molecule has 5 heteroatoms. The van der Waals surface area contributed by atoms with Crippen molar-refractivity contribution in [2.24, 2.45) is 0 Å². The fraction of sp³-hybridized carbons (Fsp3) is 0.368. The molecule has 2 aromatic rings. The van der Waals surface area contributed by atoms with Gasteiger partial charge in [-0.3, -0.25) is 0 Å². The zero-order chi connectivity index (χ0) is 16.9. The monoisotopic (exact) mass is 331 g/mol. The quantitative estimate of drug-likeness (QED) is 0.882. The summed E-state index contributed by atoms with van der Waals surface area (Å²) in [6, 6.07) is 10.9. The Labute approximate surface area is 141 Å². The average Bonchev–Trinajstić information content (AvgIpc) is 2.85. The van der Waals surface area contributed by atoms with Crippen molar-refractivity contribution in [1.82, 2.24) is 5.32 Å². The van der Waals surface area contributed by atoms with Crippen molar-refractivity contribution in [2.45, 2.75) is 32.5 Å². The lowest BCUT2D eigenvalue weighted by atomic mass is 10.1. The lowest BCUT2D eigenvalue weighted by Crippen LogP contribution is -2.18. The summed E-state index contributed by atoms with van der Waals surface area (Å²) < 4.78 is 24.8. The van der Waals surface area contributed by atoms with Crippen LogP contribution in [0.3, 0.4) is 0 Å². The third kappa shape index (κ3) is 3.86. The van der Waals surface area contributed by atoms with E-state index in [1.165, 1.54) is 6.07 Å². The second-order valence-corrected chi connectivity index (χ2v) is 5.94. The van der Waals surface area contributed by atoms with Gasteiger partial charge in [0.15, 0.2) is 11.5 Å². The minimum absolute atomic E-state index is 0.102. The molecule has 1 aliphatic rings. The zero-order valence-corrected chi connectivity index (χ0v) is 13.7. The van der Waals surface area contributed by atoms with Crippen LogP contribution >= 0.6 is 0 Å². The van der Waals surface area contributed by atoms with Gasteiger partial charge in [0.2, 0.25) is 0 Å². The molecule has 2 N–H and O–H groups in total. The lowest BCUT2D eigenvalue weighted by molar-refractivity contribution is 0.275. The van der Waals surface area contributed by atoms with Gasteiger partial charge in [0.05, 0.1) is 19.8 Å². The molecule has 0 aromatic heterocycles. The molecule has 2 aromatic carbocycles. The molecule has 1 heterocycles. The smallest absolute Gasteiger partial charge is 0.161 e. The molecule has 1 unspecified atom stereocenters. The van der Waals surface area contributed by atoms with Gasteiger partial charge >= 0.3 is 0 Å². The number of hydrogen-bond donors (Lipinski definition) is 2. The highest BCUT2D eigenvalue weighted by atomic mass is 19.1. The molecule has 0 saturated carbocycles. The summed E-state index contributed by atoms with van der Waals surface area (Å²) in [7, 11) is 0. The van der Waals surface area contributed by atoms with Crippen LogP contribution in [0.15, 0.2) is 36.4 Å². The summed E-state index contributed by atoms with van der Waals surface area (Å²) in [6.07, 6.45) is 0.884. The summed E-state index contributed by atoms with van der Waals surface area (Å²) in [4.78, 5) is 0. The van der Waals surface area contributed by atoms with E-state index in [1.807, 2.05) is 18.2 Å². The van der Waals surface area contributed by atoms with Crippen molar-refractivity contribution >= 4 is 0 Å². The molecule has 0 amide bonds. The molecule has 128 valence electrons. The van der Waals surface area contributed by atoms with Gasteiger partial charge in [-0.05, 0) is 42.3 Å². The maximum atomic E-state index is 13.4. The second-order valence-electron chi connectivity index (χ2n) is 5.94. The van der Waals surface area contributed by atoms with Crippen LogP contribution < -0.4 is 14.8 Å². The first-order chi connectivity index (χ1) is 11.7. The zero-order valence-electron chi connectivity index (χ0n) is 13.7. The number of rotatable bonds is 5. The first-order valence-electron chi connectivity index (χ1n) is 8.18. The number of benzene rings is 2. The van der Waals surface area contributed by atoms with Gasteiger partial charge in [0, 0.05) is 24.6 Å². The molecule has 24 heavy (non-hydrogen) atoms. The third-order valence-electron chi connectivity index (χ3n) is 4.16. The van der Waals surface area contributed by atoms with Crippen LogP contribution in [0, 0.1) is 5.82 Å². The lowest BCUT2D eigenvalue weighted by Gasteiger charge is -2.17. The van der Waals surface area contributed by atoms with Gasteiger partial charge in [-0.25, -0.2) is 4.39 Å². The van der Waals surface area contributed by atoms with Gasteiger partial charge < -0.3 is 19.9 Å². The molecule has 0 radical (unpaired) electrons. The molecular formula is C19H22FNO3. The van der Waals surface area contributed by atoms with E-state index in [9.17, 15) is 4.39 Å². The summed E-state index contributed by atoms with van der Waals surface area (Å²) in [5, 5.41) is 12.6. The first kappa shape index (κ1) is 16.7. The van der Waals surface area contributed by atoms with E-state index < -0.39 is 0 Å². The molecule has 3 rings (SSSR count). The topological polar surface area (TPSA) is 50.7 Å². The van der Waals surface area contributed by atoms with E-state index in [0.717, 1.165) is 29.0 Å². The van der Waals surface area contributed by atoms with E-state index in [0.29, 0.717) is 25.3 Å². The molecule has 1 atom stereocenters. The first-order valence-corrected chi connectivity index (χ1v) is 8.18. The average molecular weight is 331 g/mol. The SMILES string of the molecule is CC(NCc1ccc(F)c(CO)c1)c1ccc2c(c1)OCCCO2. The predicted molar refractivity (Wildman–Crippen MR) is 89.6 cm³/mol. The highest BCUT2D eigenvalue weighted by Crippen LogP contribution is 2.32. The molecule has 0 aliphatic carbocycles. The Morgan fingerprint density at radius 2 is 1.92 bits per heavy atom. The van der Waals surface area contributed by atoms with Gasteiger partial charge in [0.25, 0.3) is 0 Å². The van der Waals surface area contributed by atoms with E-state index in [1.54, 1.807) is 12.1 Å². The number of aliphatic hydroxyl groups excluding tert-OH is 1. The molecule has 1 aliphatic heterocycles. The fourth-order valence-electron chi connectivity index (χ4n) is 2.70. The second kappa shape index (κ2) is 7.64. The maximum absolute atomic E-state index is 13.4. The highest BCUT2D eigenvalue weighted by molar-refractivity contribution is 5.44. The Morgan fingerprint density at radius 1 is 1.12 bits per heavy atom. The van der Waals surface area contributed by atoms with Crippen LogP contribution in [0.25, 0.3) is 0 Å². The molecule has 0 bridgehead atoms. The molecule has 0 fully saturated rings. The van der Waals surface area contributed by atoms with Gasteiger partial charge in [0.1, 0.15) is 5.82 Å². The minimum Gasteiger partial charge on any atom is -0.490 e. The fourth-order valence-corrected chi connectivity index (χ4v) is 2.70. The van der Waals surface area contributed by atoms with Crippen molar-refractivity contribution in [1.29, 1.82) is 0 Å². The number of halogens is 1. The van der Waals surface area contributed by atoms with E-state index in [2.05, 4.69) is 12.2 Å². The number of ether oxygens (including phenoxy) is 2. The normalized spacial score (nSPS) is 15.0. The van der Waals surface area contributed by atoms with Crippen LogP contribution in [-0.2, 0) is 13.2 Å². The summed E-state index contributed by atoms with van der Waals surface area (Å²) in [5.41, 5.74) is 2.35. The number of fused-ring (bicyclic) bond motifs is 1. The van der Waals surface area contributed by atoms with Gasteiger partial charge in [-0.2, -0.15) is 0 Å². The molecular weight excluding hydrogens is 309 g/mol. The highest BCUT2D eigenvalue weighted by Gasteiger charge is 2.13. The molecule has 0 saturated heterocycles. The Morgan fingerprint density at radius 3 is 2.71 bits per heavy atom. The number of nitrogens with one attached hydrogen (secondary N) is 1. The maximum Gasteiger partial charge on any atom is 0.161 e. The van der Waals surface area contributed by atoms with Crippen molar-refractivity contribution in [3.63, 3.8) is 0 Å². The van der Waals surface area contributed by atoms with Gasteiger partial charge in [-0.1, -0.05) is 12.1 Å². The Balaban J connectivity index is 1.66. The summed E-state index contributed by atoms with van der Waals surface area (Å²) >= 11 is 0. The van der Waals surface area contributed by atoms with E-state index in [4.69, 9.17) is 14.6 Å². The standard InChI is InChI=1S/C19H22FNO3/c1-13(21-11-14-3-5-17(20)16(9-14)12-22)15-4-6-18-19(10-15)24-8-2-7-23-18/h3-6,9-10,13,21-22H,2,7-8,11-12H2,1H3. The van der Waals surface area contributed by atoms with Crippen molar-refractivity contribution in [2.75, 3.05) is 13.2 Å². The van der Waals surface area contributed by atoms with Crippen molar-refractivity contribution in [3.8, 4) is 11.5 Å². The van der Waals surface area contributed by atoms with Gasteiger partial charge in [-0.15, -0.1) is 0 Å². The molecule has 4 nitrogen and oxygen atoms in total. The van der Waals surface area contributed by atoms with Crippen LogP contribution in [-0.4, -0.2) is 18.3 Å². The van der Waals surface area contributed by atoms with Crippen LogP contribution in [0.4, 0.5) is 4.39 Å². The van der Waals surface area contributed by atoms with Crippen molar-refractivity contribution < 1.29 is 19.0 Å². The van der Waals surface area contributed by atoms with Crippen LogP contribution in [0.5, 0.6) is 11.5 Å². The van der Waals surface area contributed by atoms with E-state index >= 15 is 0 Å². The Hall–Kier alpha value is -2.11. The summed E-state index contributed by atoms with van der Waals surface area (Å²) in [6.45, 7) is 3.70. The number of hydrogen-bond acceptors (Lipinski definition) is 4. The summed E-state index contributed by atoms with van der Waals surface area (Å²) in [5.74, 6) is 1.19. The van der Waals surface area contributed by atoms with Crippen LogP contribution in [0.1, 0.15) is 36.1 Å².